The van der Waals surface area contributed by atoms with Crippen LogP contribution in [0.3, 0.4) is 0 Å². The molecule has 3 fully saturated rings. The number of fused-ring (bicyclic) bond motifs is 1. The van der Waals surface area contributed by atoms with E-state index in [4.69, 9.17) is 9.47 Å². The molecule has 5 rings (SSSR count). The van der Waals surface area contributed by atoms with Crippen LogP contribution in [0.1, 0.15) is 70.8 Å². The summed E-state index contributed by atoms with van der Waals surface area (Å²) in [6.07, 6.45) is 10.2. The van der Waals surface area contributed by atoms with E-state index < -0.39 is 5.60 Å². The number of anilines is 1. The fourth-order valence-corrected chi connectivity index (χ4v) is 5.80. The van der Waals surface area contributed by atoms with E-state index in [0.29, 0.717) is 18.0 Å². The predicted molar refractivity (Wildman–Crippen MR) is 135 cm³/mol. The molecule has 35 heavy (non-hydrogen) atoms. The Labute approximate surface area is 208 Å². The standard InChI is InChI=1S/C26H40N6O3/c1-26(2,3)35-25(33)31-14-12-30(13-15-31)21-6-4-20(5-7-21)29-24-23-22(19-9-16-34-17-10-19)8-11-32(23)28-18-27-24/h8,11,18-21H,4-7,9-10,12-17H2,1-3H3,(H,27,28,29). The molecule has 192 valence electrons. The number of hydrogen-bond donors (Lipinski definition) is 1. The van der Waals surface area contributed by atoms with E-state index in [1.165, 1.54) is 18.4 Å². The summed E-state index contributed by atoms with van der Waals surface area (Å²) in [7, 11) is 0. The molecule has 2 saturated heterocycles. The fourth-order valence-electron chi connectivity index (χ4n) is 5.80. The summed E-state index contributed by atoms with van der Waals surface area (Å²) in [4.78, 5) is 21.4. The van der Waals surface area contributed by atoms with Crippen LogP contribution in [0.4, 0.5) is 10.6 Å². The number of ether oxygens (including phenoxy) is 2. The zero-order valence-electron chi connectivity index (χ0n) is 21.4. The average molecular weight is 485 g/mol. The van der Waals surface area contributed by atoms with Crippen molar-refractivity contribution in [3.8, 4) is 0 Å². The van der Waals surface area contributed by atoms with E-state index in [1.807, 2.05) is 30.2 Å². The SMILES string of the molecule is CC(C)(C)OC(=O)N1CCN(C2CCC(Nc3ncnn4ccc(C5CCOCC5)c34)CC2)CC1. The second-order valence-electron chi connectivity index (χ2n) is 11.2. The third kappa shape index (κ3) is 5.72. The molecule has 0 spiro atoms. The normalized spacial score (nSPS) is 25.1. The Bertz CT molecular complexity index is 996. The third-order valence-electron chi connectivity index (χ3n) is 7.67. The molecule has 1 aliphatic carbocycles. The number of amides is 1. The maximum Gasteiger partial charge on any atom is 0.410 e. The van der Waals surface area contributed by atoms with Gasteiger partial charge in [0.05, 0.1) is 0 Å². The maximum absolute atomic E-state index is 12.4. The van der Waals surface area contributed by atoms with Crippen molar-refractivity contribution in [3.05, 3.63) is 24.2 Å². The molecule has 0 atom stereocenters. The first-order valence-electron chi connectivity index (χ1n) is 13.3. The van der Waals surface area contributed by atoms with Crippen LogP contribution in [0.2, 0.25) is 0 Å². The van der Waals surface area contributed by atoms with Gasteiger partial charge in [-0.25, -0.2) is 14.3 Å². The molecular weight excluding hydrogens is 444 g/mol. The number of carbonyl (C=O) groups excluding carboxylic acids is 1. The van der Waals surface area contributed by atoms with Gasteiger partial charge in [0.2, 0.25) is 0 Å². The monoisotopic (exact) mass is 484 g/mol. The first kappa shape index (κ1) is 24.3. The van der Waals surface area contributed by atoms with Crippen molar-refractivity contribution in [1.82, 2.24) is 24.4 Å². The lowest BCUT2D eigenvalue weighted by Gasteiger charge is -2.42. The van der Waals surface area contributed by atoms with Gasteiger partial charge in [-0.15, -0.1) is 0 Å². The van der Waals surface area contributed by atoms with E-state index in [9.17, 15) is 4.79 Å². The van der Waals surface area contributed by atoms with Crippen molar-refractivity contribution < 1.29 is 14.3 Å². The van der Waals surface area contributed by atoms with Crippen LogP contribution in [0.5, 0.6) is 0 Å². The third-order valence-corrected chi connectivity index (χ3v) is 7.67. The molecule has 2 aromatic heterocycles. The van der Waals surface area contributed by atoms with Crippen LogP contribution in [-0.4, -0.2) is 87.6 Å². The van der Waals surface area contributed by atoms with Crippen molar-refractivity contribution in [2.75, 3.05) is 44.7 Å². The van der Waals surface area contributed by atoms with Gasteiger partial charge in [-0.3, -0.25) is 4.90 Å². The van der Waals surface area contributed by atoms with Gasteiger partial charge in [-0.05, 0) is 76.8 Å². The lowest BCUT2D eigenvalue weighted by atomic mass is 9.89. The van der Waals surface area contributed by atoms with Gasteiger partial charge in [0.15, 0.2) is 5.82 Å². The summed E-state index contributed by atoms with van der Waals surface area (Å²) < 4.78 is 13.1. The summed E-state index contributed by atoms with van der Waals surface area (Å²) in [5, 5.41) is 8.22. The Balaban J connectivity index is 1.15. The Kier molecular flexibility index (Phi) is 7.16. The first-order chi connectivity index (χ1) is 16.9. The number of carbonyl (C=O) groups is 1. The summed E-state index contributed by atoms with van der Waals surface area (Å²) in [6.45, 7) is 10.8. The van der Waals surface area contributed by atoms with Crippen LogP contribution < -0.4 is 5.32 Å². The molecule has 4 heterocycles. The van der Waals surface area contributed by atoms with Crippen LogP contribution in [0, 0.1) is 0 Å². The highest BCUT2D eigenvalue weighted by Gasteiger charge is 2.31. The van der Waals surface area contributed by atoms with Crippen molar-refractivity contribution in [2.45, 2.75) is 82.9 Å². The van der Waals surface area contributed by atoms with Crippen molar-refractivity contribution in [2.24, 2.45) is 0 Å². The number of nitrogens with zero attached hydrogens (tertiary/aromatic N) is 5. The molecule has 9 heteroatoms. The topological polar surface area (TPSA) is 84.2 Å². The molecule has 9 nitrogen and oxygen atoms in total. The molecular formula is C26H40N6O3. The molecule has 0 unspecified atom stereocenters. The molecule has 3 aliphatic rings. The molecule has 0 bridgehead atoms. The minimum absolute atomic E-state index is 0.188. The zero-order chi connectivity index (χ0) is 24.4. The lowest BCUT2D eigenvalue weighted by Crippen LogP contribution is -2.53. The number of hydrogen-bond acceptors (Lipinski definition) is 7. The number of nitrogens with one attached hydrogen (secondary N) is 1. The Morgan fingerprint density at radius 3 is 2.46 bits per heavy atom. The van der Waals surface area contributed by atoms with Gasteiger partial charge in [-0.1, -0.05) is 0 Å². The zero-order valence-corrected chi connectivity index (χ0v) is 21.4. The Morgan fingerprint density at radius 1 is 1.06 bits per heavy atom. The summed E-state index contributed by atoms with van der Waals surface area (Å²) in [6, 6.07) is 3.22. The van der Waals surface area contributed by atoms with Crippen LogP contribution in [0.15, 0.2) is 18.6 Å². The second kappa shape index (κ2) is 10.3. The molecule has 2 aromatic rings. The van der Waals surface area contributed by atoms with Crippen molar-refractivity contribution in [1.29, 1.82) is 0 Å². The lowest BCUT2D eigenvalue weighted by molar-refractivity contribution is 0.00806. The van der Waals surface area contributed by atoms with E-state index in [-0.39, 0.29) is 6.09 Å². The van der Waals surface area contributed by atoms with Crippen molar-refractivity contribution in [3.63, 3.8) is 0 Å². The molecule has 0 aromatic carbocycles. The molecule has 1 saturated carbocycles. The fraction of sp³-hybridized carbons (Fsp3) is 0.731. The maximum atomic E-state index is 12.4. The minimum atomic E-state index is -0.443. The number of rotatable bonds is 4. The van der Waals surface area contributed by atoms with E-state index in [1.54, 1.807) is 6.33 Å². The van der Waals surface area contributed by atoms with Gasteiger partial charge in [0.1, 0.15) is 17.4 Å². The van der Waals surface area contributed by atoms with Gasteiger partial charge in [0.25, 0.3) is 0 Å². The minimum Gasteiger partial charge on any atom is -0.444 e. The average Bonchev–Trinajstić information content (AvgIpc) is 3.30. The Morgan fingerprint density at radius 2 is 1.77 bits per heavy atom. The van der Waals surface area contributed by atoms with Gasteiger partial charge >= 0.3 is 6.09 Å². The van der Waals surface area contributed by atoms with Crippen molar-refractivity contribution >= 4 is 17.4 Å². The summed E-state index contributed by atoms with van der Waals surface area (Å²) in [5.41, 5.74) is 2.02. The van der Waals surface area contributed by atoms with Gasteiger partial charge < -0.3 is 19.7 Å². The number of aromatic nitrogens is 3. The van der Waals surface area contributed by atoms with Crippen LogP contribution >= 0.6 is 0 Å². The van der Waals surface area contributed by atoms with E-state index in [2.05, 4.69) is 32.6 Å². The highest BCUT2D eigenvalue weighted by molar-refractivity contribution is 5.73. The highest BCUT2D eigenvalue weighted by Crippen LogP contribution is 2.34. The summed E-state index contributed by atoms with van der Waals surface area (Å²) >= 11 is 0. The highest BCUT2D eigenvalue weighted by atomic mass is 16.6. The predicted octanol–water partition coefficient (Wildman–Crippen LogP) is 3.90. The molecule has 0 radical (unpaired) electrons. The molecule has 1 amide bonds. The Hall–Kier alpha value is -2.39. The quantitative estimate of drug-likeness (QED) is 0.705. The molecule has 1 N–H and O–H groups in total. The van der Waals surface area contributed by atoms with Gasteiger partial charge in [-0.2, -0.15) is 5.10 Å². The van der Waals surface area contributed by atoms with Gasteiger partial charge in [0, 0.05) is 57.7 Å². The second-order valence-corrected chi connectivity index (χ2v) is 11.2. The van der Waals surface area contributed by atoms with Crippen LogP contribution in [-0.2, 0) is 9.47 Å². The smallest absolute Gasteiger partial charge is 0.410 e. The van der Waals surface area contributed by atoms with E-state index >= 15 is 0 Å². The largest absolute Gasteiger partial charge is 0.444 e. The molecule has 2 aliphatic heterocycles. The van der Waals surface area contributed by atoms with Crippen LogP contribution in [0.25, 0.3) is 5.52 Å². The van der Waals surface area contributed by atoms with E-state index in [0.717, 1.165) is 76.4 Å². The first-order valence-corrected chi connectivity index (χ1v) is 13.3. The number of piperazine rings is 1. The summed E-state index contributed by atoms with van der Waals surface area (Å²) in [5.74, 6) is 1.47.